The lowest BCUT2D eigenvalue weighted by Gasteiger charge is -2.12. The molecule has 0 bridgehead atoms. The molecule has 0 aliphatic rings. The van der Waals surface area contributed by atoms with Gasteiger partial charge < -0.3 is 9.47 Å². The first-order chi connectivity index (χ1) is 17.9. The van der Waals surface area contributed by atoms with Gasteiger partial charge >= 0.3 is 0 Å². The van der Waals surface area contributed by atoms with Gasteiger partial charge in [-0.25, -0.2) is 13.2 Å². The van der Waals surface area contributed by atoms with E-state index in [1.54, 1.807) is 36.4 Å². The summed E-state index contributed by atoms with van der Waals surface area (Å²) in [5, 5.41) is 0. The van der Waals surface area contributed by atoms with E-state index in [4.69, 9.17) is 9.47 Å². The fraction of sp³-hybridized carbons (Fsp3) is 0.226. The van der Waals surface area contributed by atoms with Crippen LogP contribution >= 0.6 is 0 Å². The van der Waals surface area contributed by atoms with Crippen molar-refractivity contribution in [3.8, 4) is 33.8 Å². The molecule has 0 unspecified atom stereocenters. The second-order valence-corrected chi connectivity index (χ2v) is 8.81. The minimum atomic E-state index is -1.08. The summed E-state index contributed by atoms with van der Waals surface area (Å²) in [5.74, 6) is -3.79. The molecule has 0 aliphatic heterocycles. The lowest BCUT2D eigenvalue weighted by atomic mass is 9.97. The molecule has 0 aliphatic carbocycles. The molecule has 4 aromatic carbocycles. The van der Waals surface area contributed by atoms with Gasteiger partial charge in [-0.1, -0.05) is 68.3 Å². The molecule has 0 saturated heterocycles. The number of hydrogen-bond acceptors (Lipinski definition) is 2. The van der Waals surface area contributed by atoms with Crippen LogP contribution in [0.2, 0.25) is 0 Å². The molecule has 4 rings (SSSR count). The van der Waals surface area contributed by atoms with Crippen LogP contribution in [-0.2, 0) is 13.0 Å². The van der Waals surface area contributed by atoms with Gasteiger partial charge in [0.1, 0.15) is 12.4 Å². The van der Waals surface area contributed by atoms with Crippen molar-refractivity contribution in [1.29, 1.82) is 0 Å². The number of halogens is 4. The van der Waals surface area contributed by atoms with E-state index in [1.807, 2.05) is 24.3 Å². The molecule has 192 valence electrons. The SMILES string of the molecule is CCCCCc1ccc(-c2ccc(-c3ccc(OCc4ccc(OC)c(F)c4F)cc3)c(F)c2F)cc1. The number of aryl methyl sites for hydroxylation is 1. The highest BCUT2D eigenvalue weighted by molar-refractivity contribution is 5.72. The molecule has 0 radical (unpaired) electrons. The summed E-state index contributed by atoms with van der Waals surface area (Å²) < 4.78 is 68.4. The van der Waals surface area contributed by atoms with Crippen LogP contribution in [0.3, 0.4) is 0 Å². The van der Waals surface area contributed by atoms with Gasteiger partial charge in [-0.05, 0) is 53.8 Å². The Morgan fingerprint density at radius 3 is 1.78 bits per heavy atom. The van der Waals surface area contributed by atoms with Gasteiger partial charge in [0.2, 0.25) is 5.82 Å². The Morgan fingerprint density at radius 1 is 0.622 bits per heavy atom. The van der Waals surface area contributed by atoms with Crippen LogP contribution in [0.4, 0.5) is 17.6 Å². The van der Waals surface area contributed by atoms with E-state index in [9.17, 15) is 8.78 Å². The zero-order chi connectivity index (χ0) is 26.4. The van der Waals surface area contributed by atoms with E-state index in [0.29, 0.717) is 16.9 Å². The number of unbranched alkanes of at least 4 members (excludes halogenated alkanes) is 2. The minimum Gasteiger partial charge on any atom is -0.494 e. The summed E-state index contributed by atoms with van der Waals surface area (Å²) in [6, 6.07) is 19.7. The van der Waals surface area contributed by atoms with E-state index in [2.05, 4.69) is 6.92 Å². The van der Waals surface area contributed by atoms with E-state index in [-0.39, 0.29) is 29.0 Å². The van der Waals surface area contributed by atoms with Crippen LogP contribution in [0.25, 0.3) is 22.3 Å². The van der Waals surface area contributed by atoms with Gasteiger partial charge in [0, 0.05) is 16.7 Å². The summed E-state index contributed by atoms with van der Waals surface area (Å²) in [6.45, 7) is 1.95. The van der Waals surface area contributed by atoms with E-state index in [0.717, 1.165) is 25.7 Å². The largest absolute Gasteiger partial charge is 0.494 e. The quantitative estimate of drug-likeness (QED) is 0.157. The summed E-state index contributed by atoms with van der Waals surface area (Å²) in [5.41, 5.74) is 2.61. The number of hydrogen-bond donors (Lipinski definition) is 0. The maximum atomic E-state index is 15.0. The van der Waals surface area contributed by atoms with Crippen molar-refractivity contribution in [2.75, 3.05) is 7.11 Å². The van der Waals surface area contributed by atoms with Crippen molar-refractivity contribution in [3.05, 3.63) is 107 Å². The third kappa shape index (κ3) is 5.96. The molecule has 0 aromatic heterocycles. The molecule has 0 fully saturated rings. The highest BCUT2D eigenvalue weighted by atomic mass is 19.2. The van der Waals surface area contributed by atoms with Crippen molar-refractivity contribution in [1.82, 2.24) is 0 Å². The van der Waals surface area contributed by atoms with Gasteiger partial charge in [-0.2, -0.15) is 4.39 Å². The van der Waals surface area contributed by atoms with Gasteiger partial charge in [-0.15, -0.1) is 0 Å². The standard InChI is InChI=1S/C31H28F4O2/c1-3-4-5-6-20-7-9-21(10-8-20)25-16-17-26(30(34)29(25)33)22-11-14-24(15-12-22)37-19-23-13-18-27(36-2)31(35)28(23)32/h7-18H,3-6,19H2,1-2H3. The van der Waals surface area contributed by atoms with E-state index < -0.39 is 23.3 Å². The second-order valence-electron chi connectivity index (χ2n) is 8.81. The second kappa shape index (κ2) is 12.0. The Kier molecular flexibility index (Phi) is 8.49. The first-order valence-corrected chi connectivity index (χ1v) is 12.2. The predicted molar refractivity (Wildman–Crippen MR) is 138 cm³/mol. The molecule has 37 heavy (non-hydrogen) atoms. The average molecular weight is 509 g/mol. The molecule has 0 spiro atoms. The molecule has 6 heteroatoms. The first kappa shape index (κ1) is 26.3. The molecule has 4 aromatic rings. The fourth-order valence-corrected chi connectivity index (χ4v) is 4.16. The summed E-state index contributed by atoms with van der Waals surface area (Å²) in [6.07, 6.45) is 4.39. The normalized spacial score (nSPS) is 11.0. The van der Waals surface area contributed by atoms with Crippen molar-refractivity contribution >= 4 is 0 Å². The fourth-order valence-electron chi connectivity index (χ4n) is 4.16. The van der Waals surface area contributed by atoms with E-state index in [1.165, 1.54) is 24.8 Å². The van der Waals surface area contributed by atoms with Crippen LogP contribution in [0.5, 0.6) is 11.5 Å². The Hall–Kier alpha value is -3.80. The number of rotatable bonds is 10. The molecule has 0 heterocycles. The lowest BCUT2D eigenvalue weighted by Crippen LogP contribution is -2.02. The van der Waals surface area contributed by atoms with Crippen LogP contribution in [0, 0.1) is 23.3 Å². The van der Waals surface area contributed by atoms with Crippen molar-refractivity contribution in [2.24, 2.45) is 0 Å². The first-order valence-electron chi connectivity index (χ1n) is 12.2. The molecule has 2 nitrogen and oxygen atoms in total. The Labute approximate surface area is 214 Å². The predicted octanol–water partition coefficient (Wildman–Crippen LogP) is 8.90. The average Bonchev–Trinajstić information content (AvgIpc) is 2.92. The Bertz CT molecular complexity index is 1350. The molecule has 0 N–H and O–H groups in total. The highest BCUT2D eigenvalue weighted by Crippen LogP contribution is 2.33. The minimum absolute atomic E-state index is 0.0278. The smallest absolute Gasteiger partial charge is 0.201 e. The maximum absolute atomic E-state index is 15.0. The number of benzene rings is 4. The van der Waals surface area contributed by atoms with Crippen molar-refractivity contribution in [2.45, 2.75) is 39.2 Å². The van der Waals surface area contributed by atoms with Gasteiger partial charge in [0.25, 0.3) is 0 Å². The Balaban J connectivity index is 1.46. The summed E-state index contributed by atoms with van der Waals surface area (Å²) in [4.78, 5) is 0. The summed E-state index contributed by atoms with van der Waals surface area (Å²) in [7, 11) is 1.25. The molecule has 0 saturated carbocycles. The van der Waals surface area contributed by atoms with E-state index >= 15 is 8.78 Å². The van der Waals surface area contributed by atoms with Crippen LogP contribution in [-0.4, -0.2) is 7.11 Å². The van der Waals surface area contributed by atoms with Crippen LogP contribution < -0.4 is 9.47 Å². The van der Waals surface area contributed by atoms with Gasteiger partial charge in [-0.3, -0.25) is 0 Å². The third-order valence-electron chi connectivity index (χ3n) is 6.32. The monoisotopic (exact) mass is 508 g/mol. The lowest BCUT2D eigenvalue weighted by molar-refractivity contribution is 0.294. The Morgan fingerprint density at radius 2 is 1.22 bits per heavy atom. The number of methoxy groups -OCH3 is 1. The maximum Gasteiger partial charge on any atom is 0.201 e. The molecular weight excluding hydrogens is 480 g/mol. The zero-order valence-electron chi connectivity index (χ0n) is 20.8. The van der Waals surface area contributed by atoms with Crippen LogP contribution in [0.15, 0.2) is 72.8 Å². The van der Waals surface area contributed by atoms with Crippen molar-refractivity contribution < 1.29 is 27.0 Å². The van der Waals surface area contributed by atoms with Crippen molar-refractivity contribution in [3.63, 3.8) is 0 Å². The zero-order valence-corrected chi connectivity index (χ0v) is 20.8. The topological polar surface area (TPSA) is 18.5 Å². The molecule has 0 atom stereocenters. The summed E-state index contributed by atoms with van der Waals surface area (Å²) >= 11 is 0. The number of ether oxygens (including phenoxy) is 2. The van der Waals surface area contributed by atoms with Crippen LogP contribution in [0.1, 0.15) is 37.3 Å². The van der Waals surface area contributed by atoms with Gasteiger partial charge in [0.05, 0.1) is 7.11 Å². The van der Waals surface area contributed by atoms with Gasteiger partial charge in [0.15, 0.2) is 23.2 Å². The molecule has 0 amide bonds. The molecular formula is C31H28F4O2. The highest BCUT2D eigenvalue weighted by Gasteiger charge is 2.17. The third-order valence-corrected chi connectivity index (χ3v) is 6.32.